The van der Waals surface area contributed by atoms with Crippen LogP contribution >= 0.6 is 0 Å². The monoisotopic (exact) mass is 366 g/mol. The van der Waals surface area contributed by atoms with Crippen LogP contribution in [0.2, 0.25) is 0 Å². The maximum Gasteiger partial charge on any atom is 0.303 e. The van der Waals surface area contributed by atoms with Crippen molar-refractivity contribution < 1.29 is 14.6 Å². The number of aryl methyl sites for hydroxylation is 1. The lowest BCUT2D eigenvalue weighted by Crippen LogP contribution is -2.18. The number of carbonyl (C=O) groups is 1. The highest BCUT2D eigenvalue weighted by Crippen LogP contribution is 2.33. The summed E-state index contributed by atoms with van der Waals surface area (Å²) in [4.78, 5) is 10.6. The summed E-state index contributed by atoms with van der Waals surface area (Å²) in [5.41, 5.74) is 2.71. The standard InChI is InChI=1S/C24H30O3/c25-24(26)13-7-4-8-19-14-16-20(17-15-19)21-9-5-6-12-23(18-21)27-22-10-2-1-3-11-22/h1-3,10-11,14-17,21,23H,4-9,12-13,18H2,(H,25,26). The van der Waals surface area contributed by atoms with E-state index < -0.39 is 5.97 Å². The topological polar surface area (TPSA) is 46.5 Å². The Balaban J connectivity index is 1.55. The summed E-state index contributed by atoms with van der Waals surface area (Å²) in [6, 6.07) is 19.1. The molecule has 0 bridgehead atoms. The Morgan fingerprint density at radius 3 is 2.44 bits per heavy atom. The Morgan fingerprint density at radius 1 is 0.963 bits per heavy atom. The Kier molecular flexibility index (Phi) is 7.32. The lowest BCUT2D eigenvalue weighted by atomic mass is 9.90. The Labute approximate surface area is 162 Å². The van der Waals surface area contributed by atoms with Gasteiger partial charge in [-0.15, -0.1) is 0 Å². The maximum absolute atomic E-state index is 10.6. The van der Waals surface area contributed by atoms with Crippen LogP contribution in [-0.4, -0.2) is 17.2 Å². The molecule has 0 amide bonds. The van der Waals surface area contributed by atoms with E-state index in [1.807, 2.05) is 30.3 Å². The van der Waals surface area contributed by atoms with Crippen LogP contribution in [0, 0.1) is 0 Å². The van der Waals surface area contributed by atoms with Crippen molar-refractivity contribution in [2.75, 3.05) is 0 Å². The SMILES string of the molecule is O=C(O)CCCCc1ccc(C2CCCCC(Oc3ccccc3)C2)cc1. The van der Waals surface area contributed by atoms with Gasteiger partial charge in [-0.1, -0.05) is 48.9 Å². The maximum atomic E-state index is 10.6. The first kappa shape index (κ1) is 19.5. The average molecular weight is 367 g/mol. The van der Waals surface area contributed by atoms with Crippen molar-refractivity contribution in [1.29, 1.82) is 0 Å². The molecule has 2 atom stereocenters. The van der Waals surface area contributed by atoms with Gasteiger partial charge >= 0.3 is 5.97 Å². The molecular formula is C24H30O3. The third-order valence-corrected chi connectivity index (χ3v) is 5.48. The van der Waals surface area contributed by atoms with Gasteiger partial charge in [-0.3, -0.25) is 4.79 Å². The molecule has 0 saturated heterocycles. The molecule has 1 saturated carbocycles. The number of hydrogen-bond acceptors (Lipinski definition) is 2. The van der Waals surface area contributed by atoms with Crippen molar-refractivity contribution in [3.05, 3.63) is 65.7 Å². The van der Waals surface area contributed by atoms with Crippen LogP contribution in [-0.2, 0) is 11.2 Å². The van der Waals surface area contributed by atoms with Gasteiger partial charge < -0.3 is 9.84 Å². The number of benzene rings is 2. The van der Waals surface area contributed by atoms with E-state index in [4.69, 9.17) is 9.84 Å². The first-order valence-corrected chi connectivity index (χ1v) is 10.2. The molecule has 0 heterocycles. The summed E-state index contributed by atoms with van der Waals surface area (Å²) < 4.78 is 6.25. The summed E-state index contributed by atoms with van der Waals surface area (Å²) >= 11 is 0. The first-order chi connectivity index (χ1) is 13.2. The van der Waals surface area contributed by atoms with E-state index in [0.717, 1.165) is 37.9 Å². The predicted molar refractivity (Wildman–Crippen MR) is 108 cm³/mol. The van der Waals surface area contributed by atoms with Crippen LogP contribution in [0.1, 0.15) is 68.4 Å². The van der Waals surface area contributed by atoms with E-state index in [1.165, 1.54) is 30.4 Å². The molecule has 0 spiro atoms. The molecule has 3 heteroatoms. The fourth-order valence-corrected chi connectivity index (χ4v) is 3.98. The highest BCUT2D eigenvalue weighted by atomic mass is 16.5. The van der Waals surface area contributed by atoms with Crippen molar-refractivity contribution in [2.24, 2.45) is 0 Å². The van der Waals surface area contributed by atoms with Gasteiger partial charge in [-0.25, -0.2) is 0 Å². The smallest absolute Gasteiger partial charge is 0.303 e. The van der Waals surface area contributed by atoms with E-state index in [0.29, 0.717) is 5.92 Å². The molecule has 0 aromatic heterocycles. The summed E-state index contributed by atoms with van der Waals surface area (Å²) in [5.74, 6) is 0.827. The predicted octanol–water partition coefficient (Wildman–Crippen LogP) is 5.98. The molecule has 3 nitrogen and oxygen atoms in total. The van der Waals surface area contributed by atoms with Crippen molar-refractivity contribution in [2.45, 2.75) is 69.8 Å². The van der Waals surface area contributed by atoms with Crippen LogP contribution < -0.4 is 4.74 Å². The molecule has 1 aliphatic carbocycles. The highest BCUT2D eigenvalue weighted by molar-refractivity contribution is 5.66. The zero-order valence-corrected chi connectivity index (χ0v) is 16.0. The van der Waals surface area contributed by atoms with Gasteiger partial charge in [-0.05, 0) is 74.1 Å². The minimum atomic E-state index is -0.703. The quantitative estimate of drug-likeness (QED) is 0.462. The summed E-state index contributed by atoms with van der Waals surface area (Å²) in [5, 5.41) is 8.72. The molecule has 1 aliphatic rings. The molecule has 0 aliphatic heterocycles. The number of carboxylic acid groups (broad SMARTS) is 1. The lowest BCUT2D eigenvalue weighted by molar-refractivity contribution is -0.137. The van der Waals surface area contributed by atoms with E-state index >= 15 is 0 Å². The number of hydrogen-bond donors (Lipinski definition) is 1. The zero-order chi connectivity index (χ0) is 18.9. The summed E-state index contributed by atoms with van der Waals surface area (Å²) in [6.07, 6.45) is 9.12. The first-order valence-electron chi connectivity index (χ1n) is 10.2. The van der Waals surface area contributed by atoms with Crippen LogP contribution in [0.25, 0.3) is 0 Å². The number of aliphatic carboxylic acids is 1. The van der Waals surface area contributed by atoms with Crippen LogP contribution in [0.5, 0.6) is 5.75 Å². The Bertz CT molecular complexity index is 693. The van der Waals surface area contributed by atoms with Crippen LogP contribution in [0.4, 0.5) is 0 Å². The normalized spacial score (nSPS) is 20.0. The van der Waals surface area contributed by atoms with E-state index in [1.54, 1.807) is 0 Å². The summed E-state index contributed by atoms with van der Waals surface area (Å²) in [6.45, 7) is 0. The van der Waals surface area contributed by atoms with Crippen molar-refractivity contribution >= 4 is 5.97 Å². The third kappa shape index (κ3) is 6.42. The highest BCUT2D eigenvalue weighted by Gasteiger charge is 2.22. The van der Waals surface area contributed by atoms with Crippen molar-refractivity contribution in [1.82, 2.24) is 0 Å². The number of unbranched alkanes of at least 4 members (excludes halogenated alkanes) is 1. The van der Waals surface area contributed by atoms with Crippen LogP contribution in [0.3, 0.4) is 0 Å². The second kappa shape index (κ2) is 10.1. The second-order valence-electron chi connectivity index (χ2n) is 7.61. The minimum Gasteiger partial charge on any atom is -0.490 e. The molecule has 2 aromatic carbocycles. The van der Waals surface area contributed by atoms with Gasteiger partial charge in [0, 0.05) is 6.42 Å². The van der Waals surface area contributed by atoms with Gasteiger partial charge in [0.25, 0.3) is 0 Å². The molecule has 3 rings (SSSR count). The molecule has 0 radical (unpaired) electrons. The minimum absolute atomic E-state index is 0.267. The van der Waals surface area contributed by atoms with Crippen molar-refractivity contribution in [3.8, 4) is 5.75 Å². The molecule has 27 heavy (non-hydrogen) atoms. The van der Waals surface area contributed by atoms with Gasteiger partial charge in [0.2, 0.25) is 0 Å². The largest absolute Gasteiger partial charge is 0.490 e. The van der Waals surface area contributed by atoms with Gasteiger partial charge in [-0.2, -0.15) is 0 Å². The fraction of sp³-hybridized carbons (Fsp3) is 0.458. The molecule has 1 N–H and O–H groups in total. The van der Waals surface area contributed by atoms with E-state index in [-0.39, 0.29) is 12.5 Å². The number of rotatable bonds is 8. The van der Waals surface area contributed by atoms with E-state index in [2.05, 4.69) is 24.3 Å². The molecule has 2 unspecified atom stereocenters. The summed E-state index contributed by atoms with van der Waals surface area (Å²) in [7, 11) is 0. The van der Waals surface area contributed by atoms with Gasteiger partial charge in [0.15, 0.2) is 0 Å². The zero-order valence-electron chi connectivity index (χ0n) is 16.0. The lowest BCUT2D eigenvalue weighted by Gasteiger charge is -2.22. The Morgan fingerprint density at radius 2 is 1.70 bits per heavy atom. The molecule has 2 aromatic rings. The van der Waals surface area contributed by atoms with Crippen LogP contribution in [0.15, 0.2) is 54.6 Å². The molecule has 144 valence electrons. The number of carboxylic acids is 1. The van der Waals surface area contributed by atoms with E-state index in [9.17, 15) is 4.79 Å². The fourth-order valence-electron chi connectivity index (χ4n) is 3.98. The number of para-hydroxylation sites is 1. The Hall–Kier alpha value is -2.29. The third-order valence-electron chi connectivity index (χ3n) is 5.48. The second-order valence-corrected chi connectivity index (χ2v) is 7.61. The number of ether oxygens (including phenoxy) is 1. The van der Waals surface area contributed by atoms with Gasteiger partial charge in [0.1, 0.15) is 5.75 Å². The molecular weight excluding hydrogens is 336 g/mol. The van der Waals surface area contributed by atoms with Gasteiger partial charge in [0.05, 0.1) is 6.10 Å². The average Bonchev–Trinajstić information content (AvgIpc) is 2.92. The molecule has 1 fully saturated rings. The van der Waals surface area contributed by atoms with Crippen molar-refractivity contribution in [3.63, 3.8) is 0 Å².